The van der Waals surface area contributed by atoms with E-state index < -0.39 is 7.14 Å². The number of benzene rings is 2. The largest absolute Gasteiger partial charge is 0.495 e. The average Bonchev–Trinajstić information content (AvgIpc) is 3.13. The molecule has 13 heteroatoms. The van der Waals surface area contributed by atoms with Gasteiger partial charge in [0, 0.05) is 74.1 Å². The SMILES string of the molecule is CCc1cc(Nc2ncc(Br)c(Nc3ccc(-c4ccc(OC)cn4)cc3P(C)(C)=O)n2)c(OC)cc1N1CCC(N2CCN(C)CC2)CC1. The fourth-order valence-electron chi connectivity index (χ4n) is 6.79. The van der Waals surface area contributed by atoms with Crippen molar-refractivity contribution in [2.45, 2.75) is 32.2 Å². The van der Waals surface area contributed by atoms with E-state index in [0.29, 0.717) is 39.0 Å². The van der Waals surface area contributed by atoms with Gasteiger partial charge in [0.05, 0.1) is 42.0 Å². The summed E-state index contributed by atoms with van der Waals surface area (Å²) >= 11 is 3.61. The van der Waals surface area contributed by atoms with Gasteiger partial charge in [-0.1, -0.05) is 13.0 Å². The number of methoxy groups -OCH3 is 2. The van der Waals surface area contributed by atoms with Crippen LogP contribution in [0.1, 0.15) is 25.3 Å². The molecule has 266 valence electrons. The van der Waals surface area contributed by atoms with Gasteiger partial charge < -0.3 is 34.5 Å². The number of anilines is 5. The Morgan fingerprint density at radius 1 is 0.900 bits per heavy atom. The molecule has 0 saturated carbocycles. The highest BCUT2D eigenvalue weighted by Gasteiger charge is 2.28. The molecule has 6 rings (SSSR count). The Kier molecular flexibility index (Phi) is 11.3. The van der Waals surface area contributed by atoms with Crippen molar-refractivity contribution < 1.29 is 14.0 Å². The fourth-order valence-corrected chi connectivity index (χ4v) is 8.24. The number of likely N-dealkylation sites (N-methyl/N-ethyl adjacent to an activating group) is 1. The summed E-state index contributed by atoms with van der Waals surface area (Å²) in [6.45, 7) is 12.4. The number of aromatic nitrogens is 3. The van der Waals surface area contributed by atoms with Crippen LogP contribution in [0.5, 0.6) is 11.5 Å². The van der Waals surface area contributed by atoms with Crippen molar-refractivity contribution in [3.8, 4) is 22.8 Å². The Hall–Kier alpha value is -3.70. The molecule has 2 fully saturated rings. The van der Waals surface area contributed by atoms with Crippen molar-refractivity contribution in [1.29, 1.82) is 0 Å². The van der Waals surface area contributed by atoms with E-state index in [-0.39, 0.29) is 0 Å². The summed E-state index contributed by atoms with van der Waals surface area (Å²) in [5, 5.41) is 7.52. The van der Waals surface area contributed by atoms with Crippen LogP contribution in [0, 0.1) is 0 Å². The molecule has 0 radical (unpaired) electrons. The molecule has 0 aliphatic carbocycles. The average molecular weight is 764 g/mol. The van der Waals surface area contributed by atoms with E-state index in [9.17, 15) is 4.57 Å². The Morgan fingerprint density at radius 3 is 2.30 bits per heavy atom. The topological polar surface area (TPSA) is 108 Å². The smallest absolute Gasteiger partial charge is 0.229 e. The highest BCUT2D eigenvalue weighted by Crippen LogP contribution is 2.41. The van der Waals surface area contributed by atoms with Crippen molar-refractivity contribution in [2.75, 3.05) is 89.4 Å². The van der Waals surface area contributed by atoms with Gasteiger partial charge in [-0.25, -0.2) is 4.98 Å². The summed E-state index contributed by atoms with van der Waals surface area (Å²) in [7, 11) is 2.83. The summed E-state index contributed by atoms with van der Waals surface area (Å²) < 4.78 is 25.4. The third-order valence-corrected chi connectivity index (χ3v) is 11.8. The third-order valence-electron chi connectivity index (χ3n) is 9.73. The second kappa shape index (κ2) is 15.7. The van der Waals surface area contributed by atoms with Crippen LogP contribution in [0.4, 0.5) is 28.8 Å². The Balaban J connectivity index is 1.21. The van der Waals surface area contributed by atoms with E-state index in [1.54, 1.807) is 39.9 Å². The molecule has 4 aromatic rings. The first kappa shape index (κ1) is 36.1. The zero-order chi connectivity index (χ0) is 35.4. The van der Waals surface area contributed by atoms with Gasteiger partial charge in [0.2, 0.25) is 5.95 Å². The highest BCUT2D eigenvalue weighted by molar-refractivity contribution is 9.10. The van der Waals surface area contributed by atoms with Gasteiger partial charge in [-0.3, -0.25) is 9.88 Å². The van der Waals surface area contributed by atoms with Gasteiger partial charge in [-0.2, -0.15) is 4.98 Å². The fraction of sp³-hybridized carbons (Fsp3) is 0.432. The number of hydrogen-bond donors (Lipinski definition) is 2. The summed E-state index contributed by atoms with van der Waals surface area (Å²) in [6.07, 6.45) is 6.61. The lowest BCUT2D eigenvalue weighted by Gasteiger charge is -2.43. The second-order valence-electron chi connectivity index (χ2n) is 13.4. The Morgan fingerprint density at radius 2 is 1.66 bits per heavy atom. The van der Waals surface area contributed by atoms with Crippen molar-refractivity contribution in [3.05, 3.63) is 64.9 Å². The van der Waals surface area contributed by atoms with Crippen LogP contribution in [-0.2, 0) is 11.0 Å². The molecule has 2 aromatic heterocycles. The Bertz CT molecular complexity index is 1840. The molecule has 2 N–H and O–H groups in total. The molecule has 4 heterocycles. The Labute approximate surface area is 304 Å². The number of ether oxygens (including phenoxy) is 2. The first-order valence-corrected chi connectivity index (χ1v) is 20.6. The molecular weight excluding hydrogens is 715 g/mol. The van der Waals surface area contributed by atoms with E-state index in [1.807, 2.05) is 30.3 Å². The minimum atomic E-state index is -2.70. The van der Waals surface area contributed by atoms with Crippen molar-refractivity contribution in [3.63, 3.8) is 0 Å². The van der Waals surface area contributed by atoms with Crippen molar-refractivity contribution in [2.24, 2.45) is 0 Å². The number of piperazine rings is 1. The number of hydrogen-bond acceptors (Lipinski definition) is 11. The molecule has 0 atom stereocenters. The van der Waals surface area contributed by atoms with Gasteiger partial charge in [0.1, 0.15) is 24.5 Å². The molecule has 11 nitrogen and oxygen atoms in total. The van der Waals surface area contributed by atoms with Crippen LogP contribution in [-0.4, -0.2) is 105 Å². The molecule has 0 unspecified atom stereocenters. The van der Waals surface area contributed by atoms with Crippen LogP contribution >= 0.6 is 23.1 Å². The second-order valence-corrected chi connectivity index (χ2v) is 17.4. The molecule has 50 heavy (non-hydrogen) atoms. The number of nitrogens with zero attached hydrogens (tertiary/aromatic N) is 6. The molecule has 0 bridgehead atoms. The summed E-state index contributed by atoms with van der Waals surface area (Å²) in [5.41, 5.74) is 5.62. The van der Waals surface area contributed by atoms with E-state index in [4.69, 9.17) is 14.5 Å². The zero-order valence-corrected chi connectivity index (χ0v) is 32.4. The number of aryl methyl sites for hydroxylation is 1. The van der Waals surface area contributed by atoms with E-state index in [0.717, 1.165) is 55.3 Å². The minimum Gasteiger partial charge on any atom is -0.495 e. The van der Waals surface area contributed by atoms with E-state index in [1.165, 1.54) is 37.2 Å². The van der Waals surface area contributed by atoms with Crippen LogP contribution < -0.4 is 30.3 Å². The van der Waals surface area contributed by atoms with Crippen LogP contribution in [0.2, 0.25) is 0 Å². The molecule has 0 spiro atoms. The highest BCUT2D eigenvalue weighted by atomic mass is 79.9. The number of pyridine rings is 1. The van der Waals surface area contributed by atoms with Crippen LogP contribution in [0.25, 0.3) is 11.3 Å². The zero-order valence-electron chi connectivity index (χ0n) is 29.9. The lowest BCUT2D eigenvalue weighted by molar-refractivity contribution is 0.0982. The van der Waals surface area contributed by atoms with E-state index in [2.05, 4.69) is 77.3 Å². The first-order valence-electron chi connectivity index (χ1n) is 17.2. The van der Waals surface area contributed by atoms with Gasteiger partial charge >= 0.3 is 0 Å². The van der Waals surface area contributed by atoms with Gasteiger partial charge in [-0.05, 0) is 91.5 Å². The lowest BCUT2D eigenvalue weighted by atomic mass is 9.99. The van der Waals surface area contributed by atoms with Crippen molar-refractivity contribution in [1.82, 2.24) is 24.8 Å². The monoisotopic (exact) mass is 762 g/mol. The van der Waals surface area contributed by atoms with Gasteiger partial charge in [0.25, 0.3) is 0 Å². The summed E-state index contributed by atoms with van der Waals surface area (Å²) in [4.78, 5) is 21.5. The normalized spacial score (nSPS) is 16.3. The molecule has 2 saturated heterocycles. The molecule has 2 aromatic carbocycles. The minimum absolute atomic E-state index is 0.411. The third kappa shape index (κ3) is 8.26. The lowest BCUT2D eigenvalue weighted by Crippen LogP contribution is -2.52. The predicted octanol–water partition coefficient (Wildman–Crippen LogP) is 6.83. The van der Waals surface area contributed by atoms with Gasteiger partial charge in [-0.15, -0.1) is 0 Å². The van der Waals surface area contributed by atoms with Crippen LogP contribution in [0.3, 0.4) is 0 Å². The van der Waals surface area contributed by atoms with Gasteiger partial charge in [0.15, 0.2) is 0 Å². The summed E-state index contributed by atoms with van der Waals surface area (Å²) in [6, 6.07) is 14.5. The maximum Gasteiger partial charge on any atom is 0.229 e. The molecule has 0 amide bonds. The standard InChI is InChI=1S/C37H48BrN8O3P/c1-7-25-20-32(34(49-4)22-33(25)46-14-12-27(13-15-46)45-18-16-44(2)17-19-45)42-37-40-24-29(38)36(43-37)41-31-10-8-26(21-35(31)50(5,6)47)30-11-9-28(48-3)23-39-30/h8-11,20-24,27H,7,12-19H2,1-6H3,(H2,40,41,42,43). The van der Waals surface area contributed by atoms with Crippen molar-refractivity contribution >= 4 is 57.2 Å². The quantitative estimate of drug-likeness (QED) is 0.157. The predicted molar refractivity (Wildman–Crippen MR) is 208 cm³/mol. The number of rotatable bonds is 11. The molecule has 2 aliphatic heterocycles. The van der Waals surface area contributed by atoms with Crippen LogP contribution in [0.15, 0.2) is 59.3 Å². The maximum atomic E-state index is 13.5. The van der Waals surface area contributed by atoms with E-state index >= 15 is 0 Å². The first-order chi connectivity index (χ1) is 24.1. The summed E-state index contributed by atoms with van der Waals surface area (Å²) in [5.74, 6) is 2.37. The number of piperidine rings is 1. The molecule has 2 aliphatic rings. The molecular formula is C37H48BrN8O3P. The number of halogens is 1. The number of nitrogens with one attached hydrogen (secondary N) is 2. The maximum absolute atomic E-state index is 13.5.